The van der Waals surface area contributed by atoms with Crippen molar-refractivity contribution in [3.8, 4) is 5.75 Å². The van der Waals surface area contributed by atoms with E-state index in [0.717, 1.165) is 4.90 Å². The summed E-state index contributed by atoms with van der Waals surface area (Å²) in [5.74, 6) is -3.42. The van der Waals surface area contributed by atoms with Gasteiger partial charge in [0.25, 0.3) is 11.5 Å². The van der Waals surface area contributed by atoms with Gasteiger partial charge in [0.05, 0.1) is 10.0 Å². The normalized spacial score (nSPS) is 20.3. The van der Waals surface area contributed by atoms with E-state index in [1.807, 2.05) is 0 Å². The molecule has 1 aromatic heterocycles. The number of halogens is 3. The first kappa shape index (κ1) is 26.3. The maximum absolute atomic E-state index is 13.7. The van der Waals surface area contributed by atoms with E-state index in [1.165, 1.54) is 30.8 Å². The first-order valence-electron chi connectivity index (χ1n) is 11.2. The standard InChI is InChI=1S/C23H24Br2FN5O5/c1-30(2)21(36)19(34)29-23-5-3-11(4-6-23)10-31-20(35)17(32)16(28-22(23)31)18(33)27-9-12-7-14(25)15(26)8-13(12)24/h7-8,11,32H,3-6,9-10H2,1-2H3,(H,27,33)(H,29,34). The SMILES string of the molecule is CN(C)C(=O)C(=O)NC12CCC(CC1)Cn1c2nc(C(=O)NCc2cc(Br)c(F)cc2Br)c(O)c1=O. The van der Waals surface area contributed by atoms with Crippen LogP contribution in [0, 0.1) is 11.7 Å². The van der Waals surface area contributed by atoms with Gasteiger partial charge in [0.1, 0.15) is 11.6 Å². The lowest BCUT2D eigenvalue weighted by Gasteiger charge is -2.37. The van der Waals surface area contributed by atoms with Crippen LogP contribution in [0.5, 0.6) is 5.75 Å². The number of aromatic nitrogens is 2. The highest BCUT2D eigenvalue weighted by atomic mass is 79.9. The Bertz CT molecular complexity index is 1320. The Hall–Kier alpha value is -2.80. The minimum atomic E-state index is -1.14. The topological polar surface area (TPSA) is 134 Å². The van der Waals surface area contributed by atoms with Crippen LogP contribution in [0.15, 0.2) is 25.9 Å². The Kier molecular flexibility index (Phi) is 7.24. The minimum absolute atomic E-state index is 0.0425. The minimum Gasteiger partial charge on any atom is -0.501 e. The summed E-state index contributed by atoms with van der Waals surface area (Å²) < 4.78 is 15.6. The average Bonchev–Trinajstić information content (AvgIpc) is 3.08. The number of nitrogens with one attached hydrogen (secondary N) is 2. The molecule has 2 bridgehead atoms. The highest BCUT2D eigenvalue weighted by molar-refractivity contribution is 9.11. The molecule has 10 nitrogen and oxygen atoms in total. The number of rotatable bonds is 4. The van der Waals surface area contributed by atoms with Gasteiger partial charge >= 0.3 is 11.8 Å². The molecular weight excluding hydrogens is 605 g/mol. The van der Waals surface area contributed by atoms with Gasteiger partial charge in [-0.3, -0.25) is 23.7 Å². The second kappa shape index (κ2) is 9.92. The zero-order valence-electron chi connectivity index (χ0n) is 19.5. The molecule has 1 aromatic carbocycles. The summed E-state index contributed by atoms with van der Waals surface area (Å²) in [6, 6.07) is 2.73. The van der Waals surface area contributed by atoms with E-state index in [9.17, 15) is 28.7 Å². The molecule has 0 unspecified atom stereocenters. The molecule has 3 N–H and O–H groups in total. The van der Waals surface area contributed by atoms with Gasteiger partial charge in [-0.2, -0.15) is 0 Å². The summed E-state index contributed by atoms with van der Waals surface area (Å²) >= 11 is 6.34. The van der Waals surface area contributed by atoms with Crippen LogP contribution in [-0.4, -0.2) is 51.4 Å². The van der Waals surface area contributed by atoms with Gasteiger partial charge < -0.3 is 20.6 Å². The van der Waals surface area contributed by atoms with Gasteiger partial charge in [-0.15, -0.1) is 0 Å². The van der Waals surface area contributed by atoms with Crippen molar-refractivity contribution in [2.45, 2.75) is 44.3 Å². The number of aromatic hydroxyl groups is 1. The van der Waals surface area contributed by atoms with E-state index in [1.54, 1.807) is 0 Å². The van der Waals surface area contributed by atoms with E-state index < -0.39 is 46.1 Å². The number of benzene rings is 1. The summed E-state index contributed by atoms with van der Waals surface area (Å²) in [5, 5.41) is 16.0. The van der Waals surface area contributed by atoms with Crippen LogP contribution in [0.25, 0.3) is 0 Å². The summed E-state index contributed by atoms with van der Waals surface area (Å²) in [5.41, 5.74) is -1.86. The quantitative estimate of drug-likeness (QED) is 0.351. The fourth-order valence-corrected chi connectivity index (χ4v) is 5.53. The van der Waals surface area contributed by atoms with Crippen LogP contribution in [-0.2, 0) is 28.2 Å². The smallest absolute Gasteiger partial charge is 0.311 e. The molecule has 3 heterocycles. The molecule has 1 aliphatic carbocycles. The molecule has 13 heteroatoms. The maximum Gasteiger partial charge on any atom is 0.311 e. The van der Waals surface area contributed by atoms with Crippen LogP contribution in [0.2, 0.25) is 0 Å². The molecule has 36 heavy (non-hydrogen) atoms. The zero-order valence-corrected chi connectivity index (χ0v) is 22.7. The molecule has 1 saturated carbocycles. The van der Waals surface area contributed by atoms with Crippen molar-refractivity contribution < 1.29 is 23.9 Å². The molecular formula is C23H24Br2FN5O5. The van der Waals surface area contributed by atoms with Crippen molar-refractivity contribution in [2.24, 2.45) is 5.92 Å². The molecule has 1 fully saturated rings. The Morgan fingerprint density at radius 3 is 2.53 bits per heavy atom. The molecule has 3 aliphatic rings. The lowest BCUT2D eigenvalue weighted by Crippen LogP contribution is -2.53. The molecule has 2 aliphatic heterocycles. The molecule has 2 aromatic rings. The first-order chi connectivity index (χ1) is 16.9. The highest BCUT2D eigenvalue weighted by Crippen LogP contribution is 2.43. The Morgan fingerprint density at radius 2 is 1.89 bits per heavy atom. The van der Waals surface area contributed by atoms with Crippen molar-refractivity contribution in [2.75, 3.05) is 14.1 Å². The number of fused-ring (bicyclic) bond motifs is 2. The zero-order chi connectivity index (χ0) is 26.4. The summed E-state index contributed by atoms with van der Waals surface area (Å²) in [4.78, 5) is 56.7. The third kappa shape index (κ3) is 4.77. The fourth-order valence-electron chi connectivity index (χ4n) is 4.69. The molecule has 0 radical (unpaired) electrons. The number of hydrogen-bond acceptors (Lipinski definition) is 6. The van der Waals surface area contributed by atoms with E-state index in [-0.39, 0.29) is 29.3 Å². The monoisotopic (exact) mass is 627 g/mol. The van der Waals surface area contributed by atoms with Crippen LogP contribution >= 0.6 is 31.9 Å². The Morgan fingerprint density at radius 1 is 1.22 bits per heavy atom. The van der Waals surface area contributed by atoms with Crippen molar-refractivity contribution >= 4 is 49.6 Å². The van der Waals surface area contributed by atoms with Gasteiger partial charge in [0.2, 0.25) is 5.75 Å². The average molecular weight is 629 g/mol. The Balaban J connectivity index is 1.70. The molecule has 192 valence electrons. The van der Waals surface area contributed by atoms with Crippen molar-refractivity contribution in [3.05, 3.63) is 54.3 Å². The third-order valence-corrected chi connectivity index (χ3v) is 8.02. The van der Waals surface area contributed by atoms with Crippen LogP contribution in [0.4, 0.5) is 4.39 Å². The third-order valence-electron chi connectivity index (χ3n) is 6.67. The van der Waals surface area contributed by atoms with E-state index in [0.29, 0.717) is 35.7 Å². The number of carbonyl (C=O) groups excluding carboxylic acids is 3. The summed E-state index contributed by atoms with van der Waals surface area (Å²) in [6.07, 6.45) is 2.21. The second-order valence-electron chi connectivity index (χ2n) is 9.27. The van der Waals surface area contributed by atoms with Gasteiger partial charge in [0, 0.05) is 31.7 Å². The lowest BCUT2D eigenvalue weighted by atomic mass is 9.77. The summed E-state index contributed by atoms with van der Waals surface area (Å²) in [6.45, 7) is 0.242. The fraction of sp³-hybridized carbons (Fsp3) is 0.435. The number of hydrogen-bond donors (Lipinski definition) is 3. The van der Waals surface area contributed by atoms with E-state index in [2.05, 4.69) is 47.5 Å². The van der Waals surface area contributed by atoms with Crippen molar-refractivity contribution in [1.82, 2.24) is 25.1 Å². The van der Waals surface area contributed by atoms with Crippen LogP contribution in [0.3, 0.4) is 0 Å². The van der Waals surface area contributed by atoms with E-state index in [4.69, 9.17) is 0 Å². The predicted molar refractivity (Wildman–Crippen MR) is 134 cm³/mol. The molecule has 0 spiro atoms. The predicted octanol–water partition coefficient (Wildman–Crippen LogP) is 2.15. The molecule has 3 amide bonds. The largest absolute Gasteiger partial charge is 0.501 e. The second-order valence-corrected chi connectivity index (χ2v) is 11.0. The highest BCUT2D eigenvalue weighted by Gasteiger charge is 2.46. The molecule has 0 saturated heterocycles. The maximum atomic E-state index is 13.7. The summed E-state index contributed by atoms with van der Waals surface area (Å²) in [7, 11) is 2.91. The van der Waals surface area contributed by atoms with Gasteiger partial charge in [-0.05, 0) is 65.2 Å². The molecule has 5 rings (SSSR count). The van der Waals surface area contributed by atoms with Gasteiger partial charge in [-0.25, -0.2) is 9.37 Å². The van der Waals surface area contributed by atoms with Crippen LogP contribution in [0.1, 0.15) is 47.6 Å². The number of carbonyl (C=O) groups is 3. The number of likely N-dealkylation sites (N-methyl/N-ethyl adjacent to an activating group) is 1. The van der Waals surface area contributed by atoms with Crippen molar-refractivity contribution in [1.29, 1.82) is 0 Å². The van der Waals surface area contributed by atoms with E-state index >= 15 is 0 Å². The van der Waals surface area contributed by atoms with Crippen molar-refractivity contribution in [3.63, 3.8) is 0 Å². The molecule has 0 atom stereocenters. The first-order valence-corrected chi connectivity index (χ1v) is 12.8. The van der Waals surface area contributed by atoms with Crippen LogP contribution < -0.4 is 16.2 Å². The lowest BCUT2D eigenvalue weighted by molar-refractivity contribution is -0.145. The number of amides is 3. The van der Waals surface area contributed by atoms with Gasteiger partial charge in [0.15, 0.2) is 5.69 Å². The number of nitrogens with zero attached hydrogens (tertiary/aromatic N) is 3. The Labute approximate surface area is 222 Å². The van der Waals surface area contributed by atoms with Gasteiger partial charge in [-0.1, -0.05) is 15.9 Å².